The lowest BCUT2D eigenvalue weighted by Crippen LogP contribution is -2.17. The number of ether oxygens (including phenoxy) is 1. The zero-order valence-corrected chi connectivity index (χ0v) is 10.8. The summed E-state index contributed by atoms with van der Waals surface area (Å²) in [6.07, 6.45) is -0.551. The van der Waals surface area contributed by atoms with Gasteiger partial charge in [0.15, 0.2) is 0 Å². The number of rotatable bonds is 6. The van der Waals surface area contributed by atoms with E-state index in [1.54, 1.807) is 6.07 Å². The minimum Gasteiger partial charge on any atom is -0.406 e. The Hall–Kier alpha value is -1.19. The third-order valence-corrected chi connectivity index (χ3v) is 2.84. The van der Waals surface area contributed by atoms with Crippen molar-refractivity contribution in [2.24, 2.45) is 5.92 Å². The molecule has 0 heterocycles. The van der Waals surface area contributed by atoms with Crippen molar-refractivity contribution in [3.05, 3.63) is 29.8 Å². The molecule has 0 aromatic heterocycles. The zero-order valence-electron chi connectivity index (χ0n) is 10.8. The summed E-state index contributed by atoms with van der Waals surface area (Å²) in [5.41, 5.74) is 0.889. The SMILES string of the molecule is CCCC(C)CCc1cccc(OC(F)(F)F)c1. The molecule has 1 rings (SSSR count). The van der Waals surface area contributed by atoms with Crippen molar-refractivity contribution in [3.63, 3.8) is 0 Å². The molecule has 102 valence electrons. The fourth-order valence-electron chi connectivity index (χ4n) is 1.95. The van der Waals surface area contributed by atoms with Gasteiger partial charge in [0.2, 0.25) is 0 Å². The summed E-state index contributed by atoms with van der Waals surface area (Å²) < 4.78 is 40.1. The summed E-state index contributed by atoms with van der Waals surface area (Å²) in [6.45, 7) is 4.30. The maximum absolute atomic E-state index is 12.1. The highest BCUT2D eigenvalue weighted by molar-refractivity contribution is 5.28. The van der Waals surface area contributed by atoms with E-state index >= 15 is 0 Å². The minimum absolute atomic E-state index is 0.136. The number of benzene rings is 1. The van der Waals surface area contributed by atoms with Gasteiger partial charge in [0, 0.05) is 0 Å². The van der Waals surface area contributed by atoms with Crippen LogP contribution in [0.1, 0.15) is 38.7 Å². The molecule has 4 heteroatoms. The predicted molar refractivity (Wildman–Crippen MR) is 65.5 cm³/mol. The molecule has 0 aliphatic heterocycles. The number of halogens is 3. The molecule has 0 radical (unpaired) electrons. The molecule has 0 fully saturated rings. The summed E-state index contributed by atoms with van der Waals surface area (Å²) in [5, 5.41) is 0. The van der Waals surface area contributed by atoms with E-state index < -0.39 is 6.36 Å². The summed E-state index contributed by atoms with van der Waals surface area (Å²) in [6, 6.07) is 6.22. The Morgan fingerprint density at radius 3 is 2.56 bits per heavy atom. The summed E-state index contributed by atoms with van der Waals surface area (Å²) in [5.74, 6) is 0.463. The van der Waals surface area contributed by atoms with Crippen LogP contribution >= 0.6 is 0 Å². The van der Waals surface area contributed by atoms with Crippen LogP contribution in [0.25, 0.3) is 0 Å². The fraction of sp³-hybridized carbons (Fsp3) is 0.571. The Kier molecular flexibility index (Phi) is 5.51. The van der Waals surface area contributed by atoms with Gasteiger partial charge in [0.05, 0.1) is 0 Å². The smallest absolute Gasteiger partial charge is 0.406 e. The van der Waals surface area contributed by atoms with Crippen LogP contribution in [0.5, 0.6) is 5.75 Å². The molecule has 0 spiro atoms. The van der Waals surface area contributed by atoms with Gasteiger partial charge in [0.25, 0.3) is 0 Å². The van der Waals surface area contributed by atoms with Gasteiger partial charge in [-0.25, -0.2) is 0 Å². The van der Waals surface area contributed by atoms with Crippen molar-refractivity contribution in [2.45, 2.75) is 45.9 Å². The second-order valence-electron chi connectivity index (χ2n) is 4.63. The highest BCUT2D eigenvalue weighted by Crippen LogP contribution is 2.24. The third-order valence-electron chi connectivity index (χ3n) is 2.84. The van der Waals surface area contributed by atoms with Crippen molar-refractivity contribution in [2.75, 3.05) is 0 Å². The molecule has 1 aromatic rings. The van der Waals surface area contributed by atoms with E-state index in [1.807, 2.05) is 6.07 Å². The van der Waals surface area contributed by atoms with Crippen LogP contribution in [-0.2, 0) is 6.42 Å². The average Bonchev–Trinajstić information content (AvgIpc) is 2.25. The highest BCUT2D eigenvalue weighted by atomic mass is 19.4. The highest BCUT2D eigenvalue weighted by Gasteiger charge is 2.31. The summed E-state index contributed by atoms with van der Waals surface area (Å²) in [4.78, 5) is 0. The molecular weight excluding hydrogens is 241 g/mol. The van der Waals surface area contributed by atoms with Gasteiger partial charge < -0.3 is 4.74 Å². The first-order valence-corrected chi connectivity index (χ1v) is 6.25. The second kappa shape index (κ2) is 6.66. The third kappa shape index (κ3) is 5.94. The molecule has 0 aliphatic carbocycles. The van der Waals surface area contributed by atoms with E-state index in [1.165, 1.54) is 12.1 Å². The first-order chi connectivity index (χ1) is 8.40. The Bertz CT molecular complexity index is 360. The maximum Gasteiger partial charge on any atom is 0.573 e. The molecule has 1 atom stereocenters. The van der Waals surface area contributed by atoms with Crippen LogP contribution in [-0.4, -0.2) is 6.36 Å². The van der Waals surface area contributed by atoms with Crippen molar-refractivity contribution in [3.8, 4) is 5.75 Å². The Labute approximate surface area is 106 Å². The van der Waals surface area contributed by atoms with Crippen LogP contribution in [0, 0.1) is 5.92 Å². The van der Waals surface area contributed by atoms with Crippen LogP contribution in [0.4, 0.5) is 13.2 Å². The van der Waals surface area contributed by atoms with E-state index in [0.29, 0.717) is 5.92 Å². The normalized spacial score (nSPS) is 13.4. The summed E-state index contributed by atoms with van der Waals surface area (Å²) in [7, 11) is 0. The molecule has 0 aliphatic rings. The van der Waals surface area contributed by atoms with Gasteiger partial charge in [-0.1, -0.05) is 38.8 Å². The molecule has 0 N–H and O–H groups in total. The largest absolute Gasteiger partial charge is 0.573 e. The maximum atomic E-state index is 12.1. The minimum atomic E-state index is -4.62. The van der Waals surface area contributed by atoms with E-state index in [-0.39, 0.29) is 5.75 Å². The summed E-state index contributed by atoms with van der Waals surface area (Å²) >= 11 is 0. The van der Waals surface area contributed by atoms with Crippen molar-refractivity contribution in [1.82, 2.24) is 0 Å². The second-order valence-corrected chi connectivity index (χ2v) is 4.63. The molecule has 0 saturated carbocycles. The van der Waals surface area contributed by atoms with Gasteiger partial charge in [-0.3, -0.25) is 0 Å². The first kappa shape index (κ1) is 14.9. The molecular formula is C14H19F3O. The number of hydrogen-bond acceptors (Lipinski definition) is 1. The van der Waals surface area contributed by atoms with Crippen LogP contribution in [0.2, 0.25) is 0 Å². The number of aryl methyl sites for hydroxylation is 1. The number of alkyl halides is 3. The standard InChI is InChI=1S/C14H19F3O/c1-3-5-11(2)8-9-12-6-4-7-13(10-12)18-14(15,16)17/h4,6-7,10-11H,3,5,8-9H2,1-2H3. The van der Waals surface area contributed by atoms with Crippen molar-refractivity contribution < 1.29 is 17.9 Å². The lowest BCUT2D eigenvalue weighted by molar-refractivity contribution is -0.274. The van der Waals surface area contributed by atoms with E-state index in [4.69, 9.17) is 0 Å². The lowest BCUT2D eigenvalue weighted by Gasteiger charge is -2.12. The fourth-order valence-corrected chi connectivity index (χ4v) is 1.95. The molecule has 18 heavy (non-hydrogen) atoms. The Morgan fingerprint density at radius 1 is 1.22 bits per heavy atom. The molecule has 1 nitrogen and oxygen atoms in total. The average molecular weight is 260 g/mol. The van der Waals surface area contributed by atoms with Crippen LogP contribution < -0.4 is 4.74 Å². The zero-order chi connectivity index (χ0) is 13.6. The molecule has 0 amide bonds. The van der Waals surface area contributed by atoms with Crippen molar-refractivity contribution >= 4 is 0 Å². The topological polar surface area (TPSA) is 9.23 Å². The molecule has 0 bridgehead atoms. The van der Waals surface area contributed by atoms with E-state index in [9.17, 15) is 13.2 Å². The van der Waals surface area contributed by atoms with Gasteiger partial charge in [-0.2, -0.15) is 0 Å². The first-order valence-electron chi connectivity index (χ1n) is 6.25. The predicted octanol–water partition coefficient (Wildman–Crippen LogP) is 4.95. The monoisotopic (exact) mass is 260 g/mol. The van der Waals surface area contributed by atoms with Crippen LogP contribution in [0.15, 0.2) is 24.3 Å². The van der Waals surface area contributed by atoms with Gasteiger partial charge >= 0.3 is 6.36 Å². The van der Waals surface area contributed by atoms with E-state index in [2.05, 4.69) is 18.6 Å². The van der Waals surface area contributed by atoms with E-state index in [0.717, 1.165) is 31.2 Å². The van der Waals surface area contributed by atoms with Crippen LogP contribution in [0.3, 0.4) is 0 Å². The van der Waals surface area contributed by atoms with Crippen molar-refractivity contribution in [1.29, 1.82) is 0 Å². The van der Waals surface area contributed by atoms with Gasteiger partial charge in [0.1, 0.15) is 5.75 Å². The molecule has 0 saturated heterocycles. The quantitative estimate of drug-likeness (QED) is 0.702. The van der Waals surface area contributed by atoms with Gasteiger partial charge in [-0.15, -0.1) is 13.2 Å². The van der Waals surface area contributed by atoms with Gasteiger partial charge in [-0.05, 0) is 36.5 Å². The molecule has 1 aromatic carbocycles. The number of hydrogen-bond donors (Lipinski definition) is 0. The Morgan fingerprint density at radius 2 is 1.94 bits per heavy atom. The lowest BCUT2D eigenvalue weighted by atomic mass is 9.97. The molecule has 1 unspecified atom stereocenters. The Balaban J connectivity index is 2.54.